The molecule has 3 rings (SSSR count). The topological polar surface area (TPSA) is 35.5 Å². The summed E-state index contributed by atoms with van der Waals surface area (Å²) >= 11 is 0. The first-order valence-electron chi connectivity index (χ1n) is 10.7. The summed E-state index contributed by atoms with van der Waals surface area (Å²) in [7, 11) is 0. The molecule has 1 saturated heterocycles. The van der Waals surface area contributed by atoms with E-state index in [1.54, 1.807) is 12.1 Å². The van der Waals surface area contributed by atoms with E-state index in [-0.39, 0.29) is 12.6 Å². The number of alkyl halides is 3. The van der Waals surface area contributed by atoms with Crippen LogP contribution in [0.15, 0.2) is 24.3 Å². The standard InChI is InChI=1S/C22H33F3N2O/c23-22(24,25)19-10-8-18(9-11-19)14-26-20(13-17-5-2-1-3-6-17)15-27-12-4-7-21(27)16-28/h8-11,17,20-21,26,28H,1-7,12-16H2. The summed E-state index contributed by atoms with van der Waals surface area (Å²) in [6.45, 7) is 2.71. The third-order valence-electron chi connectivity index (χ3n) is 6.38. The van der Waals surface area contributed by atoms with Gasteiger partial charge in [0.15, 0.2) is 0 Å². The van der Waals surface area contributed by atoms with E-state index < -0.39 is 11.7 Å². The van der Waals surface area contributed by atoms with Gasteiger partial charge >= 0.3 is 6.18 Å². The average Bonchev–Trinajstić information content (AvgIpc) is 3.14. The van der Waals surface area contributed by atoms with Gasteiger partial charge in [0, 0.05) is 25.2 Å². The zero-order chi connectivity index (χ0) is 20.0. The number of rotatable bonds is 8. The normalized spacial score (nSPS) is 23.2. The van der Waals surface area contributed by atoms with Crippen molar-refractivity contribution in [2.75, 3.05) is 19.7 Å². The predicted molar refractivity (Wildman–Crippen MR) is 105 cm³/mol. The van der Waals surface area contributed by atoms with Crippen LogP contribution in [0.1, 0.15) is 62.5 Å². The first-order chi connectivity index (χ1) is 13.5. The van der Waals surface area contributed by atoms with Gasteiger partial charge in [0.25, 0.3) is 0 Å². The molecule has 1 aliphatic heterocycles. The van der Waals surface area contributed by atoms with Crippen LogP contribution in [0.2, 0.25) is 0 Å². The summed E-state index contributed by atoms with van der Waals surface area (Å²) in [5, 5.41) is 13.2. The predicted octanol–water partition coefficient (Wildman–Crippen LogP) is 4.59. The van der Waals surface area contributed by atoms with Gasteiger partial charge in [-0.2, -0.15) is 13.2 Å². The number of hydrogen-bond acceptors (Lipinski definition) is 3. The van der Waals surface area contributed by atoms with E-state index in [9.17, 15) is 18.3 Å². The van der Waals surface area contributed by atoms with Crippen molar-refractivity contribution in [1.82, 2.24) is 10.2 Å². The van der Waals surface area contributed by atoms with Crippen LogP contribution in [-0.4, -0.2) is 41.8 Å². The summed E-state index contributed by atoms with van der Waals surface area (Å²) in [6, 6.07) is 6.02. The van der Waals surface area contributed by atoms with Crippen LogP contribution in [0, 0.1) is 5.92 Å². The van der Waals surface area contributed by atoms with Crippen molar-refractivity contribution in [2.45, 2.75) is 76.2 Å². The molecule has 2 unspecified atom stereocenters. The highest BCUT2D eigenvalue weighted by atomic mass is 19.4. The number of nitrogens with zero attached hydrogens (tertiary/aromatic N) is 1. The minimum absolute atomic E-state index is 0.203. The van der Waals surface area contributed by atoms with Gasteiger partial charge < -0.3 is 10.4 Å². The van der Waals surface area contributed by atoms with Crippen molar-refractivity contribution in [3.8, 4) is 0 Å². The Morgan fingerprint density at radius 1 is 1.04 bits per heavy atom. The maximum absolute atomic E-state index is 12.8. The van der Waals surface area contributed by atoms with Gasteiger partial charge in [-0.1, -0.05) is 44.2 Å². The lowest BCUT2D eigenvalue weighted by molar-refractivity contribution is -0.137. The van der Waals surface area contributed by atoms with E-state index in [0.29, 0.717) is 12.6 Å². The second kappa shape index (κ2) is 10.1. The largest absolute Gasteiger partial charge is 0.416 e. The molecule has 0 aromatic heterocycles. The van der Waals surface area contributed by atoms with Gasteiger partial charge in [-0.05, 0) is 49.4 Å². The summed E-state index contributed by atoms with van der Waals surface area (Å²) in [5.41, 5.74) is 0.277. The number of likely N-dealkylation sites (tertiary alicyclic amines) is 1. The van der Waals surface area contributed by atoms with Crippen LogP contribution >= 0.6 is 0 Å². The van der Waals surface area contributed by atoms with Crippen LogP contribution in [-0.2, 0) is 12.7 Å². The highest BCUT2D eigenvalue weighted by molar-refractivity contribution is 5.24. The van der Waals surface area contributed by atoms with E-state index in [2.05, 4.69) is 10.2 Å². The van der Waals surface area contributed by atoms with Crippen molar-refractivity contribution in [3.63, 3.8) is 0 Å². The number of halogens is 3. The molecular formula is C22H33F3N2O. The third kappa shape index (κ3) is 6.19. The molecule has 28 heavy (non-hydrogen) atoms. The highest BCUT2D eigenvalue weighted by Crippen LogP contribution is 2.30. The summed E-state index contributed by atoms with van der Waals surface area (Å²) < 4.78 is 38.3. The lowest BCUT2D eigenvalue weighted by atomic mass is 9.84. The summed E-state index contributed by atoms with van der Waals surface area (Å²) in [6.07, 6.45) is 5.49. The fraction of sp³-hybridized carbons (Fsp3) is 0.727. The monoisotopic (exact) mass is 398 g/mol. The minimum Gasteiger partial charge on any atom is -0.395 e. The number of benzene rings is 1. The molecule has 6 heteroatoms. The maximum Gasteiger partial charge on any atom is 0.416 e. The van der Waals surface area contributed by atoms with E-state index in [1.165, 1.54) is 32.1 Å². The van der Waals surface area contributed by atoms with E-state index in [1.807, 2.05) is 0 Å². The zero-order valence-electron chi connectivity index (χ0n) is 16.6. The lowest BCUT2D eigenvalue weighted by Crippen LogP contribution is -2.44. The molecule has 3 nitrogen and oxygen atoms in total. The van der Waals surface area contributed by atoms with Crippen molar-refractivity contribution in [3.05, 3.63) is 35.4 Å². The molecule has 0 spiro atoms. The number of aliphatic hydroxyl groups is 1. The van der Waals surface area contributed by atoms with E-state index in [4.69, 9.17) is 0 Å². The molecule has 158 valence electrons. The molecule has 1 aromatic rings. The Balaban J connectivity index is 1.59. The van der Waals surface area contributed by atoms with Gasteiger partial charge in [0.05, 0.1) is 12.2 Å². The Bertz CT molecular complexity index is 584. The van der Waals surface area contributed by atoms with Gasteiger partial charge in [0.1, 0.15) is 0 Å². The molecular weight excluding hydrogens is 365 g/mol. The second-order valence-corrected chi connectivity index (χ2v) is 8.49. The van der Waals surface area contributed by atoms with Crippen LogP contribution in [0.25, 0.3) is 0 Å². The van der Waals surface area contributed by atoms with Crippen LogP contribution in [0.5, 0.6) is 0 Å². The summed E-state index contributed by atoms with van der Waals surface area (Å²) in [5.74, 6) is 0.731. The molecule has 1 aromatic carbocycles. The van der Waals surface area contributed by atoms with Gasteiger partial charge in [-0.3, -0.25) is 4.90 Å². The average molecular weight is 399 g/mol. The van der Waals surface area contributed by atoms with E-state index >= 15 is 0 Å². The van der Waals surface area contributed by atoms with Crippen molar-refractivity contribution >= 4 is 0 Å². The van der Waals surface area contributed by atoms with Crippen molar-refractivity contribution < 1.29 is 18.3 Å². The Morgan fingerprint density at radius 3 is 2.39 bits per heavy atom. The highest BCUT2D eigenvalue weighted by Gasteiger charge is 2.30. The van der Waals surface area contributed by atoms with E-state index in [0.717, 1.165) is 56.0 Å². The zero-order valence-corrected chi connectivity index (χ0v) is 16.6. The van der Waals surface area contributed by atoms with Crippen molar-refractivity contribution in [2.24, 2.45) is 5.92 Å². The Hall–Kier alpha value is -1.11. The maximum atomic E-state index is 12.8. The molecule has 2 atom stereocenters. The number of nitrogens with one attached hydrogen (secondary N) is 1. The number of hydrogen-bond donors (Lipinski definition) is 2. The SMILES string of the molecule is OCC1CCCN1CC(CC1CCCCC1)NCc1ccc(C(F)(F)F)cc1. The quantitative estimate of drug-likeness (QED) is 0.672. The molecule has 1 heterocycles. The smallest absolute Gasteiger partial charge is 0.395 e. The molecule has 2 aliphatic rings. The molecule has 1 aliphatic carbocycles. The minimum atomic E-state index is -4.29. The van der Waals surface area contributed by atoms with Crippen LogP contribution in [0.4, 0.5) is 13.2 Å². The molecule has 0 amide bonds. The Kier molecular flexibility index (Phi) is 7.77. The Labute approximate surface area is 166 Å². The first kappa shape index (κ1) is 21.6. The fourth-order valence-corrected chi connectivity index (χ4v) is 4.75. The van der Waals surface area contributed by atoms with Gasteiger partial charge in [0.2, 0.25) is 0 Å². The first-order valence-corrected chi connectivity index (χ1v) is 10.7. The Morgan fingerprint density at radius 2 is 1.75 bits per heavy atom. The van der Waals surface area contributed by atoms with Crippen LogP contribution in [0.3, 0.4) is 0 Å². The molecule has 2 fully saturated rings. The molecule has 2 N–H and O–H groups in total. The third-order valence-corrected chi connectivity index (χ3v) is 6.38. The van der Waals surface area contributed by atoms with Crippen molar-refractivity contribution in [1.29, 1.82) is 0 Å². The lowest BCUT2D eigenvalue weighted by Gasteiger charge is -2.32. The molecule has 0 radical (unpaired) electrons. The van der Waals surface area contributed by atoms with Gasteiger partial charge in [-0.15, -0.1) is 0 Å². The van der Waals surface area contributed by atoms with Gasteiger partial charge in [-0.25, -0.2) is 0 Å². The second-order valence-electron chi connectivity index (χ2n) is 8.49. The van der Waals surface area contributed by atoms with Crippen LogP contribution < -0.4 is 5.32 Å². The summed E-state index contributed by atoms with van der Waals surface area (Å²) in [4.78, 5) is 2.38. The molecule has 0 bridgehead atoms. The number of aliphatic hydroxyl groups excluding tert-OH is 1. The molecule has 1 saturated carbocycles. The fourth-order valence-electron chi connectivity index (χ4n) is 4.75.